The zero-order chi connectivity index (χ0) is 13.5. The molecule has 0 fully saturated rings. The van der Waals surface area contributed by atoms with Crippen LogP contribution in [0.1, 0.15) is 25.1 Å². The van der Waals surface area contributed by atoms with Gasteiger partial charge in [-0.15, -0.1) is 22.7 Å². The van der Waals surface area contributed by atoms with Crippen molar-refractivity contribution in [3.8, 4) is 11.3 Å². The topological polar surface area (TPSA) is 30.0 Å². The molecule has 0 atom stereocenters. The molecule has 0 saturated heterocycles. The van der Waals surface area contributed by atoms with Crippen molar-refractivity contribution in [3.05, 3.63) is 62.1 Å². The van der Waals surface area contributed by atoms with Gasteiger partial charge < -0.3 is 0 Å². The number of fused-ring (bicyclic) bond motifs is 3. The molecule has 0 amide bonds. The van der Waals surface area contributed by atoms with Crippen LogP contribution in [-0.4, -0.2) is 10.8 Å². The molecule has 0 saturated carbocycles. The molecule has 2 nitrogen and oxygen atoms in total. The number of ketones is 1. The number of nitrogens with zero attached hydrogens (tertiary/aromatic N) is 1. The number of hydrogen-bond donors (Lipinski definition) is 0. The van der Waals surface area contributed by atoms with E-state index in [1.807, 2.05) is 30.3 Å². The van der Waals surface area contributed by atoms with E-state index in [1.54, 1.807) is 22.7 Å². The fourth-order valence-corrected chi connectivity index (χ4v) is 4.43. The third kappa shape index (κ3) is 1.84. The van der Waals surface area contributed by atoms with E-state index in [2.05, 4.69) is 16.4 Å². The molecule has 4 heteroatoms. The van der Waals surface area contributed by atoms with Crippen molar-refractivity contribution in [2.75, 3.05) is 0 Å². The van der Waals surface area contributed by atoms with Gasteiger partial charge in [-0.3, -0.25) is 4.79 Å². The first-order chi connectivity index (χ1) is 9.83. The minimum atomic E-state index is 0.0294. The summed E-state index contributed by atoms with van der Waals surface area (Å²) in [5.74, 6) is 0.0294. The molecule has 1 aliphatic rings. The highest BCUT2D eigenvalue weighted by Gasteiger charge is 2.24. The first-order valence-corrected chi connectivity index (χ1v) is 8.19. The second-order valence-corrected chi connectivity index (χ2v) is 6.83. The number of aryl methyl sites for hydroxylation is 2. The zero-order valence-corrected chi connectivity index (χ0v) is 12.3. The average Bonchev–Trinajstić information content (AvgIpc) is 3.12. The molecule has 2 aromatic heterocycles. The lowest BCUT2D eigenvalue weighted by molar-refractivity contribution is 0.103. The molecule has 20 heavy (non-hydrogen) atoms. The Bertz CT molecular complexity index is 786. The third-order valence-electron chi connectivity index (χ3n) is 3.51. The van der Waals surface area contributed by atoms with Crippen molar-refractivity contribution in [1.82, 2.24) is 4.98 Å². The van der Waals surface area contributed by atoms with Crippen molar-refractivity contribution in [3.63, 3.8) is 0 Å². The third-order valence-corrected chi connectivity index (χ3v) is 5.60. The predicted molar refractivity (Wildman–Crippen MR) is 82.7 cm³/mol. The Kier molecular flexibility index (Phi) is 2.79. The van der Waals surface area contributed by atoms with Gasteiger partial charge in [0.1, 0.15) is 0 Å². The van der Waals surface area contributed by atoms with E-state index >= 15 is 0 Å². The maximum absolute atomic E-state index is 12.5. The average molecular weight is 297 g/mol. The normalized spacial score (nSPS) is 12.8. The molecule has 0 bridgehead atoms. The molecule has 0 radical (unpaired) electrons. The predicted octanol–water partition coefficient (Wildman–Crippen LogP) is 4.20. The lowest BCUT2D eigenvalue weighted by Gasteiger charge is -2.09. The Labute approximate surface area is 124 Å². The summed E-state index contributed by atoms with van der Waals surface area (Å²) in [6.45, 7) is 0. The summed E-state index contributed by atoms with van der Waals surface area (Å²) in [4.78, 5) is 19.7. The standard InChI is InChI=1S/C16H11NOS2/c18-15(10-4-2-1-3-5-10)16-17-14-11-8-9-19-12(11)6-7-13(14)20-16/h1-5,8-9H,6-7H2. The van der Waals surface area contributed by atoms with Gasteiger partial charge in [0.2, 0.25) is 5.78 Å². The van der Waals surface area contributed by atoms with E-state index in [1.165, 1.54) is 15.3 Å². The van der Waals surface area contributed by atoms with Crippen molar-refractivity contribution < 1.29 is 4.79 Å². The Balaban J connectivity index is 1.78. The lowest BCUT2D eigenvalue weighted by Crippen LogP contribution is -2.00. The van der Waals surface area contributed by atoms with Crippen LogP contribution in [0.15, 0.2) is 41.8 Å². The summed E-state index contributed by atoms with van der Waals surface area (Å²) >= 11 is 3.33. The van der Waals surface area contributed by atoms with Gasteiger partial charge in [0.05, 0.1) is 5.69 Å². The van der Waals surface area contributed by atoms with Gasteiger partial charge in [-0.2, -0.15) is 0 Å². The zero-order valence-electron chi connectivity index (χ0n) is 10.6. The van der Waals surface area contributed by atoms with Gasteiger partial charge in [0, 0.05) is 20.9 Å². The summed E-state index contributed by atoms with van der Waals surface area (Å²) in [6.07, 6.45) is 2.07. The van der Waals surface area contributed by atoms with Crippen LogP contribution in [0.3, 0.4) is 0 Å². The van der Waals surface area contributed by atoms with Crippen LogP contribution < -0.4 is 0 Å². The number of carbonyl (C=O) groups excluding carboxylic acids is 1. The number of carbonyl (C=O) groups is 1. The minimum absolute atomic E-state index is 0.0294. The molecule has 0 unspecified atom stereocenters. The van der Waals surface area contributed by atoms with Crippen molar-refractivity contribution in [2.24, 2.45) is 0 Å². The van der Waals surface area contributed by atoms with E-state index in [4.69, 9.17) is 0 Å². The number of aromatic nitrogens is 1. The number of thiazole rings is 1. The second kappa shape index (κ2) is 4.65. The Morgan fingerprint density at radius 3 is 2.70 bits per heavy atom. The van der Waals surface area contributed by atoms with E-state index in [-0.39, 0.29) is 5.78 Å². The van der Waals surface area contributed by atoms with E-state index < -0.39 is 0 Å². The Hall–Kier alpha value is -1.78. The highest BCUT2D eigenvalue weighted by atomic mass is 32.1. The number of rotatable bonds is 2. The van der Waals surface area contributed by atoms with Crippen LogP contribution in [0, 0.1) is 0 Å². The van der Waals surface area contributed by atoms with Gasteiger partial charge in [-0.25, -0.2) is 4.98 Å². The van der Waals surface area contributed by atoms with Gasteiger partial charge in [-0.05, 0) is 24.3 Å². The fourth-order valence-electron chi connectivity index (χ4n) is 2.51. The first kappa shape index (κ1) is 12.0. The monoisotopic (exact) mass is 297 g/mol. The SMILES string of the molecule is O=C(c1ccccc1)c1nc2c(s1)CCc1sccc1-2. The molecule has 0 spiro atoms. The maximum atomic E-state index is 12.5. The van der Waals surface area contributed by atoms with Crippen LogP contribution in [0.5, 0.6) is 0 Å². The molecule has 1 aromatic carbocycles. The van der Waals surface area contributed by atoms with Crippen LogP contribution in [0.4, 0.5) is 0 Å². The fraction of sp³-hybridized carbons (Fsp3) is 0.125. The molecule has 98 valence electrons. The smallest absolute Gasteiger partial charge is 0.221 e. The highest BCUT2D eigenvalue weighted by Crippen LogP contribution is 2.39. The van der Waals surface area contributed by atoms with Crippen molar-refractivity contribution >= 4 is 28.5 Å². The minimum Gasteiger partial charge on any atom is -0.286 e. The van der Waals surface area contributed by atoms with Crippen molar-refractivity contribution in [1.29, 1.82) is 0 Å². The lowest BCUT2D eigenvalue weighted by atomic mass is 10.0. The van der Waals surface area contributed by atoms with Crippen LogP contribution in [-0.2, 0) is 12.8 Å². The van der Waals surface area contributed by atoms with Crippen LogP contribution >= 0.6 is 22.7 Å². The Morgan fingerprint density at radius 2 is 1.85 bits per heavy atom. The molecule has 4 rings (SSSR count). The van der Waals surface area contributed by atoms with Gasteiger partial charge in [0.25, 0.3) is 0 Å². The maximum Gasteiger partial charge on any atom is 0.221 e. The molecule has 2 heterocycles. The van der Waals surface area contributed by atoms with E-state index in [0.717, 1.165) is 18.5 Å². The summed E-state index contributed by atoms with van der Waals surface area (Å²) in [5, 5.41) is 2.72. The molecule has 3 aromatic rings. The van der Waals surface area contributed by atoms with Gasteiger partial charge in [-0.1, -0.05) is 30.3 Å². The summed E-state index contributed by atoms with van der Waals surface area (Å²) < 4.78 is 0. The Morgan fingerprint density at radius 1 is 1.05 bits per heavy atom. The molecule has 0 N–H and O–H groups in total. The molecule has 0 aliphatic heterocycles. The quantitative estimate of drug-likeness (QED) is 0.663. The summed E-state index contributed by atoms with van der Waals surface area (Å²) in [7, 11) is 0. The van der Waals surface area contributed by atoms with Crippen LogP contribution in [0.2, 0.25) is 0 Å². The van der Waals surface area contributed by atoms with Gasteiger partial charge >= 0.3 is 0 Å². The number of hydrogen-bond acceptors (Lipinski definition) is 4. The largest absolute Gasteiger partial charge is 0.286 e. The molecule has 1 aliphatic carbocycles. The second-order valence-electron chi connectivity index (χ2n) is 4.74. The number of benzene rings is 1. The molecular formula is C16H11NOS2. The van der Waals surface area contributed by atoms with Crippen LogP contribution in [0.25, 0.3) is 11.3 Å². The van der Waals surface area contributed by atoms with E-state index in [9.17, 15) is 4.79 Å². The highest BCUT2D eigenvalue weighted by molar-refractivity contribution is 7.14. The van der Waals surface area contributed by atoms with Crippen molar-refractivity contribution in [2.45, 2.75) is 12.8 Å². The summed E-state index contributed by atoms with van der Waals surface area (Å²) in [5.41, 5.74) is 2.96. The number of thiophene rings is 1. The first-order valence-electron chi connectivity index (χ1n) is 6.49. The molecular weight excluding hydrogens is 286 g/mol. The summed E-state index contributed by atoms with van der Waals surface area (Å²) in [6, 6.07) is 11.5. The van der Waals surface area contributed by atoms with E-state index in [0.29, 0.717) is 10.6 Å². The van der Waals surface area contributed by atoms with Gasteiger partial charge in [0.15, 0.2) is 5.01 Å².